The highest BCUT2D eigenvalue weighted by Gasteiger charge is 2.19. The van der Waals surface area contributed by atoms with Crippen molar-refractivity contribution in [1.82, 2.24) is 10.3 Å². The number of rotatable bonds is 3. The van der Waals surface area contributed by atoms with Crippen LogP contribution in [-0.4, -0.2) is 22.5 Å². The van der Waals surface area contributed by atoms with Crippen LogP contribution in [-0.2, 0) is 4.79 Å². The topological polar surface area (TPSA) is 80.0 Å². The number of nitrogens with one attached hydrogen (secondary N) is 2. The van der Waals surface area contributed by atoms with Crippen molar-refractivity contribution >= 4 is 17.3 Å². The summed E-state index contributed by atoms with van der Waals surface area (Å²) in [5.41, 5.74) is 6.75. The Kier molecular flexibility index (Phi) is 3.93. The molecule has 1 heterocycles. The molecule has 1 rings (SSSR count). The summed E-state index contributed by atoms with van der Waals surface area (Å²) in [4.78, 5) is 15.7. The van der Waals surface area contributed by atoms with Crippen LogP contribution in [0.2, 0.25) is 0 Å². The van der Waals surface area contributed by atoms with Gasteiger partial charge in [-0.05, 0) is 33.8 Å². The van der Waals surface area contributed by atoms with Crippen LogP contribution >= 0.6 is 0 Å². The first-order valence-corrected chi connectivity index (χ1v) is 5.57. The van der Waals surface area contributed by atoms with E-state index in [-0.39, 0.29) is 17.5 Å². The second-order valence-corrected chi connectivity index (χ2v) is 5.07. The lowest BCUT2D eigenvalue weighted by atomic mass is 10.1. The van der Waals surface area contributed by atoms with Gasteiger partial charge in [0.05, 0.1) is 17.6 Å². The van der Waals surface area contributed by atoms with Gasteiger partial charge in [-0.25, -0.2) is 0 Å². The van der Waals surface area contributed by atoms with E-state index in [4.69, 9.17) is 5.73 Å². The van der Waals surface area contributed by atoms with E-state index in [0.717, 1.165) is 5.69 Å². The minimum absolute atomic E-state index is 0.0614. The van der Waals surface area contributed by atoms with E-state index in [0.29, 0.717) is 5.69 Å². The summed E-state index contributed by atoms with van der Waals surface area (Å²) in [6.45, 7) is 7.62. The average Bonchev–Trinajstić information content (AvgIpc) is 2.18. The van der Waals surface area contributed by atoms with Gasteiger partial charge in [-0.15, -0.1) is 0 Å². The lowest BCUT2D eigenvalue weighted by molar-refractivity contribution is -0.122. The van der Waals surface area contributed by atoms with Crippen molar-refractivity contribution in [2.24, 2.45) is 0 Å². The smallest absolute Gasteiger partial charge is 0.242 e. The van der Waals surface area contributed by atoms with Crippen LogP contribution in [0.3, 0.4) is 0 Å². The first kappa shape index (κ1) is 13.3. The Morgan fingerprint density at radius 1 is 1.47 bits per heavy atom. The monoisotopic (exact) mass is 236 g/mol. The molecule has 0 aliphatic rings. The van der Waals surface area contributed by atoms with Gasteiger partial charge >= 0.3 is 0 Å². The molecule has 0 fully saturated rings. The molecule has 94 valence electrons. The normalized spacial score (nSPS) is 12.9. The molecule has 1 atom stereocenters. The molecule has 0 aliphatic carbocycles. The molecule has 0 radical (unpaired) electrons. The number of hydrogen-bond donors (Lipinski definition) is 3. The molecule has 0 spiro atoms. The largest absolute Gasteiger partial charge is 0.396 e. The van der Waals surface area contributed by atoms with Crippen molar-refractivity contribution in [2.75, 3.05) is 11.1 Å². The fourth-order valence-corrected chi connectivity index (χ4v) is 1.31. The minimum Gasteiger partial charge on any atom is -0.396 e. The summed E-state index contributed by atoms with van der Waals surface area (Å²) in [5.74, 6) is -0.0614. The van der Waals surface area contributed by atoms with Crippen LogP contribution < -0.4 is 16.4 Å². The summed E-state index contributed by atoms with van der Waals surface area (Å²) in [7, 11) is 0. The van der Waals surface area contributed by atoms with Crippen LogP contribution in [0.5, 0.6) is 0 Å². The molecule has 5 nitrogen and oxygen atoms in total. The number of carbonyl (C=O) groups is 1. The summed E-state index contributed by atoms with van der Waals surface area (Å²) in [5, 5.41) is 5.96. The van der Waals surface area contributed by atoms with E-state index in [2.05, 4.69) is 15.6 Å². The van der Waals surface area contributed by atoms with Gasteiger partial charge in [0.2, 0.25) is 5.91 Å². The van der Waals surface area contributed by atoms with E-state index >= 15 is 0 Å². The van der Waals surface area contributed by atoms with Crippen LogP contribution in [0.25, 0.3) is 0 Å². The number of nitrogens with zero attached hydrogens (tertiary/aromatic N) is 1. The van der Waals surface area contributed by atoms with Crippen molar-refractivity contribution in [3.8, 4) is 0 Å². The van der Waals surface area contributed by atoms with Crippen LogP contribution in [0.1, 0.15) is 27.7 Å². The van der Waals surface area contributed by atoms with Gasteiger partial charge in [-0.1, -0.05) is 0 Å². The van der Waals surface area contributed by atoms with Gasteiger partial charge in [-0.3, -0.25) is 9.78 Å². The molecular weight excluding hydrogens is 216 g/mol. The first-order valence-electron chi connectivity index (χ1n) is 5.57. The van der Waals surface area contributed by atoms with Crippen molar-refractivity contribution < 1.29 is 4.79 Å². The molecule has 1 amide bonds. The number of amides is 1. The van der Waals surface area contributed by atoms with Gasteiger partial charge in [-0.2, -0.15) is 0 Å². The molecule has 1 aromatic rings. The Labute approximate surface area is 102 Å². The fraction of sp³-hybridized carbons (Fsp3) is 0.500. The van der Waals surface area contributed by atoms with Gasteiger partial charge in [0, 0.05) is 11.7 Å². The third-order valence-corrected chi connectivity index (χ3v) is 2.12. The van der Waals surface area contributed by atoms with Crippen LogP contribution in [0, 0.1) is 0 Å². The first-order chi connectivity index (χ1) is 7.79. The molecular formula is C12H20N4O. The molecule has 0 aliphatic heterocycles. The molecule has 0 saturated carbocycles. The summed E-state index contributed by atoms with van der Waals surface area (Å²) in [6, 6.07) is 1.40. The summed E-state index contributed by atoms with van der Waals surface area (Å²) < 4.78 is 0. The third kappa shape index (κ3) is 4.30. The predicted octanol–water partition coefficient (Wildman–Crippen LogP) is 1.38. The van der Waals surface area contributed by atoms with E-state index in [1.165, 1.54) is 0 Å². The number of pyridine rings is 1. The Bertz CT molecular complexity index is 398. The zero-order valence-corrected chi connectivity index (χ0v) is 10.7. The standard InChI is InChI=1S/C12H20N4O/c1-8(11(17)16-12(2,3)4)15-10-5-6-14-7-9(10)13/h5-8H,13H2,1-4H3,(H,14,15)(H,16,17). The van der Waals surface area contributed by atoms with Gasteiger partial charge in [0.15, 0.2) is 0 Å². The van der Waals surface area contributed by atoms with E-state index in [1.54, 1.807) is 25.4 Å². The van der Waals surface area contributed by atoms with E-state index in [9.17, 15) is 4.79 Å². The maximum absolute atomic E-state index is 11.8. The third-order valence-electron chi connectivity index (χ3n) is 2.12. The summed E-state index contributed by atoms with van der Waals surface area (Å²) in [6.07, 6.45) is 3.18. The van der Waals surface area contributed by atoms with Crippen molar-refractivity contribution in [3.63, 3.8) is 0 Å². The lowest BCUT2D eigenvalue weighted by Gasteiger charge is -2.24. The zero-order chi connectivity index (χ0) is 13.1. The predicted molar refractivity (Wildman–Crippen MR) is 69.6 cm³/mol. The maximum Gasteiger partial charge on any atom is 0.242 e. The SMILES string of the molecule is CC(Nc1ccncc1N)C(=O)NC(C)(C)C. The number of hydrogen-bond acceptors (Lipinski definition) is 4. The quantitative estimate of drug-likeness (QED) is 0.740. The average molecular weight is 236 g/mol. The molecule has 1 aromatic heterocycles. The Balaban J connectivity index is 2.64. The van der Waals surface area contributed by atoms with Crippen LogP contribution in [0.4, 0.5) is 11.4 Å². The van der Waals surface area contributed by atoms with Gasteiger partial charge in [0.25, 0.3) is 0 Å². The minimum atomic E-state index is -0.348. The number of nitrogens with two attached hydrogens (primary N) is 1. The summed E-state index contributed by atoms with van der Waals surface area (Å²) >= 11 is 0. The number of aromatic nitrogens is 1. The molecule has 4 N–H and O–H groups in total. The van der Waals surface area contributed by atoms with Crippen LogP contribution in [0.15, 0.2) is 18.5 Å². The molecule has 1 unspecified atom stereocenters. The highest BCUT2D eigenvalue weighted by molar-refractivity contribution is 5.85. The molecule has 0 saturated heterocycles. The van der Waals surface area contributed by atoms with E-state index in [1.807, 2.05) is 20.8 Å². The number of anilines is 2. The number of nitrogen functional groups attached to an aromatic ring is 1. The Hall–Kier alpha value is -1.78. The van der Waals surface area contributed by atoms with Gasteiger partial charge in [0.1, 0.15) is 6.04 Å². The number of carbonyl (C=O) groups excluding carboxylic acids is 1. The molecule has 5 heteroatoms. The second kappa shape index (κ2) is 5.03. The second-order valence-electron chi connectivity index (χ2n) is 5.07. The maximum atomic E-state index is 11.8. The molecule has 17 heavy (non-hydrogen) atoms. The van der Waals surface area contributed by atoms with E-state index < -0.39 is 0 Å². The van der Waals surface area contributed by atoms with Crippen molar-refractivity contribution in [1.29, 1.82) is 0 Å². The highest BCUT2D eigenvalue weighted by Crippen LogP contribution is 2.16. The molecule has 0 bridgehead atoms. The van der Waals surface area contributed by atoms with Crippen molar-refractivity contribution in [2.45, 2.75) is 39.3 Å². The fourth-order valence-electron chi connectivity index (χ4n) is 1.31. The van der Waals surface area contributed by atoms with Crippen molar-refractivity contribution in [3.05, 3.63) is 18.5 Å². The van der Waals surface area contributed by atoms with Gasteiger partial charge < -0.3 is 16.4 Å². The molecule has 0 aromatic carbocycles. The Morgan fingerprint density at radius 2 is 2.12 bits per heavy atom. The zero-order valence-electron chi connectivity index (χ0n) is 10.7. The lowest BCUT2D eigenvalue weighted by Crippen LogP contribution is -2.47. The highest BCUT2D eigenvalue weighted by atomic mass is 16.2. The Morgan fingerprint density at radius 3 is 2.65 bits per heavy atom.